The maximum absolute atomic E-state index is 11.8. The number of rotatable bonds is 14. The molecule has 0 atom stereocenters. The first-order valence-corrected chi connectivity index (χ1v) is 11.1. The third-order valence-corrected chi connectivity index (χ3v) is 4.62. The smallest absolute Gasteiger partial charge is 0.239 e. The molecule has 9 nitrogen and oxygen atoms in total. The summed E-state index contributed by atoms with van der Waals surface area (Å²) in [5.41, 5.74) is 0.351. The minimum atomic E-state index is -0.230. The second-order valence-electron chi connectivity index (χ2n) is 9.79. The number of ether oxygens (including phenoxy) is 2. The van der Waals surface area contributed by atoms with E-state index in [4.69, 9.17) is 9.47 Å². The molecule has 178 valence electrons. The Kier molecular flexibility index (Phi) is 11.1. The highest BCUT2D eigenvalue weighted by Crippen LogP contribution is 2.20. The Hall–Kier alpha value is -2.00. The molecule has 0 radical (unpaired) electrons. The number of carbonyl (C=O) groups excluding carboxylic acids is 2. The molecule has 0 aliphatic heterocycles. The van der Waals surface area contributed by atoms with E-state index in [2.05, 4.69) is 48.6 Å². The quantitative estimate of drug-likeness (QED) is 0.431. The standard InChI is InChI=1S/C22H41N5O4/c1-17(2)8-9-19(28)24-14-20(29)23-11-13-30-16-18-15-27(26-25-18)22(6,7)10-12-31-21(3,4)5/h15,17H,8-14,16H2,1-7H3,(H,23,29)(H,24,28). The van der Waals surface area contributed by atoms with Crippen LogP contribution >= 0.6 is 0 Å². The lowest BCUT2D eigenvalue weighted by molar-refractivity contribution is -0.126. The zero-order chi connectivity index (χ0) is 23.5. The van der Waals surface area contributed by atoms with Crippen LogP contribution in [0.3, 0.4) is 0 Å². The largest absolute Gasteiger partial charge is 0.376 e. The first kappa shape index (κ1) is 27.0. The third kappa shape index (κ3) is 12.4. The zero-order valence-electron chi connectivity index (χ0n) is 20.3. The van der Waals surface area contributed by atoms with E-state index in [-0.39, 0.29) is 29.5 Å². The van der Waals surface area contributed by atoms with Gasteiger partial charge in [0, 0.05) is 19.6 Å². The molecule has 0 saturated heterocycles. The normalized spacial score (nSPS) is 12.3. The van der Waals surface area contributed by atoms with Gasteiger partial charge in [0.1, 0.15) is 5.69 Å². The second kappa shape index (κ2) is 12.8. The van der Waals surface area contributed by atoms with Gasteiger partial charge in [-0.1, -0.05) is 19.1 Å². The Bertz CT molecular complexity index is 680. The van der Waals surface area contributed by atoms with Crippen molar-refractivity contribution >= 4 is 11.8 Å². The molecule has 2 amide bonds. The van der Waals surface area contributed by atoms with E-state index in [1.54, 1.807) is 0 Å². The Morgan fingerprint density at radius 3 is 2.45 bits per heavy atom. The molecule has 1 heterocycles. The predicted molar refractivity (Wildman–Crippen MR) is 119 cm³/mol. The van der Waals surface area contributed by atoms with Crippen molar-refractivity contribution in [1.82, 2.24) is 25.6 Å². The fourth-order valence-corrected chi connectivity index (χ4v) is 2.57. The number of nitrogens with one attached hydrogen (secondary N) is 2. The van der Waals surface area contributed by atoms with Gasteiger partial charge in [-0.3, -0.25) is 9.59 Å². The maximum atomic E-state index is 11.8. The van der Waals surface area contributed by atoms with Gasteiger partial charge in [0.15, 0.2) is 0 Å². The van der Waals surface area contributed by atoms with E-state index in [1.807, 2.05) is 31.6 Å². The van der Waals surface area contributed by atoms with Crippen molar-refractivity contribution < 1.29 is 19.1 Å². The minimum absolute atomic E-state index is 0.0146. The van der Waals surface area contributed by atoms with Gasteiger partial charge in [-0.05, 0) is 53.4 Å². The first-order valence-electron chi connectivity index (χ1n) is 11.1. The molecule has 9 heteroatoms. The van der Waals surface area contributed by atoms with Crippen LogP contribution in [0.5, 0.6) is 0 Å². The Labute approximate surface area is 186 Å². The highest BCUT2D eigenvalue weighted by atomic mass is 16.5. The Balaban J connectivity index is 2.22. The van der Waals surface area contributed by atoms with Crippen LogP contribution in [0.15, 0.2) is 6.20 Å². The molecule has 0 aliphatic rings. The molecular weight excluding hydrogens is 398 g/mol. The first-order chi connectivity index (χ1) is 14.4. The third-order valence-electron chi connectivity index (χ3n) is 4.62. The minimum Gasteiger partial charge on any atom is -0.376 e. The monoisotopic (exact) mass is 439 g/mol. The molecule has 1 aromatic rings. The zero-order valence-corrected chi connectivity index (χ0v) is 20.3. The van der Waals surface area contributed by atoms with Crippen LogP contribution in [0.2, 0.25) is 0 Å². The maximum Gasteiger partial charge on any atom is 0.239 e. The molecule has 0 unspecified atom stereocenters. The summed E-state index contributed by atoms with van der Waals surface area (Å²) >= 11 is 0. The number of hydrogen-bond acceptors (Lipinski definition) is 6. The van der Waals surface area contributed by atoms with E-state index < -0.39 is 0 Å². The molecule has 0 spiro atoms. The molecular formula is C22H41N5O4. The fourth-order valence-electron chi connectivity index (χ4n) is 2.57. The summed E-state index contributed by atoms with van der Waals surface area (Å²) in [5, 5.41) is 13.7. The molecule has 2 N–H and O–H groups in total. The Morgan fingerprint density at radius 1 is 1.10 bits per heavy atom. The molecule has 0 aliphatic carbocycles. The summed E-state index contributed by atoms with van der Waals surface area (Å²) in [7, 11) is 0. The molecule has 31 heavy (non-hydrogen) atoms. The number of amides is 2. The van der Waals surface area contributed by atoms with Crippen LogP contribution in [-0.2, 0) is 31.2 Å². The van der Waals surface area contributed by atoms with Gasteiger partial charge in [-0.2, -0.15) is 0 Å². The molecule has 0 aromatic carbocycles. The summed E-state index contributed by atoms with van der Waals surface area (Å²) in [4.78, 5) is 23.4. The highest BCUT2D eigenvalue weighted by Gasteiger charge is 2.23. The van der Waals surface area contributed by atoms with Crippen molar-refractivity contribution in [3.8, 4) is 0 Å². The van der Waals surface area contributed by atoms with Crippen molar-refractivity contribution in [2.75, 3.05) is 26.3 Å². The van der Waals surface area contributed by atoms with E-state index in [9.17, 15) is 9.59 Å². The fraction of sp³-hybridized carbons (Fsp3) is 0.818. The van der Waals surface area contributed by atoms with Crippen LogP contribution in [-0.4, -0.2) is 58.7 Å². The van der Waals surface area contributed by atoms with Gasteiger partial charge >= 0.3 is 0 Å². The summed E-state index contributed by atoms with van der Waals surface area (Å²) in [6, 6.07) is 0. The lowest BCUT2D eigenvalue weighted by Gasteiger charge is -2.27. The topological polar surface area (TPSA) is 107 Å². The lowest BCUT2D eigenvalue weighted by Crippen LogP contribution is -2.38. The van der Waals surface area contributed by atoms with E-state index >= 15 is 0 Å². The van der Waals surface area contributed by atoms with Crippen molar-refractivity contribution in [2.24, 2.45) is 5.92 Å². The van der Waals surface area contributed by atoms with Crippen molar-refractivity contribution in [2.45, 2.75) is 85.5 Å². The van der Waals surface area contributed by atoms with Gasteiger partial charge in [0.05, 0.1) is 37.1 Å². The number of aromatic nitrogens is 3. The molecule has 0 saturated carbocycles. The summed E-state index contributed by atoms with van der Waals surface area (Å²) in [6.45, 7) is 16.1. The number of hydrogen-bond donors (Lipinski definition) is 2. The van der Waals surface area contributed by atoms with Crippen LogP contribution in [0.25, 0.3) is 0 Å². The van der Waals surface area contributed by atoms with Crippen LogP contribution in [0.4, 0.5) is 0 Å². The lowest BCUT2D eigenvalue weighted by atomic mass is 10.0. The average molecular weight is 440 g/mol. The van der Waals surface area contributed by atoms with Gasteiger partial charge < -0.3 is 20.1 Å². The van der Waals surface area contributed by atoms with E-state index in [0.717, 1.165) is 18.5 Å². The summed E-state index contributed by atoms with van der Waals surface area (Å²) < 4.78 is 13.2. The molecule has 0 fully saturated rings. The molecule has 0 bridgehead atoms. The van der Waals surface area contributed by atoms with E-state index in [1.165, 1.54) is 0 Å². The summed E-state index contributed by atoms with van der Waals surface area (Å²) in [5.74, 6) is 0.134. The van der Waals surface area contributed by atoms with Gasteiger partial charge in [0.2, 0.25) is 11.8 Å². The second-order valence-corrected chi connectivity index (χ2v) is 9.79. The highest BCUT2D eigenvalue weighted by molar-refractivity contribution is 5.84. The van der Waals surface area contributed by atoms with Gasteiger partial charge in [-0.15, -0.1) is 5.10 Å². The van der Waals surface area contributed by atoms with Crippen molar-refractivity contribution in [3.05, 3.63) is 11.9 Å². The van der Waals surface area contributed by atoms with Crippen molar-refractivity contribution in [3.63, 3.8) is 0 Å². The Morgan fingerprint density at radius 2 is 1.81 bits per heavy atom. The van der Waals surface area contributed by atoms with Crippen LogP contribution in [0, 0.1) is 5.92 Å². The molecule has 1 rings (SSSR count). The SMILES string of the molecule is CC(C)CCC(=O)NCC(=O)NCCOCc1cn(C(C)(C)CCOC(C)(C)C)nn1. The van der Waals surface area contributed by atoms with Crippen molar-refractivity contribution in [1.29, 1.82) is 0 Å². The van der Waals surface area contributed by atoms with E-state index in [0.29, 0.717) is 38.7 Å². The predicted octanol–water partition coefficient (Wildman–Crippen LogP) is 2.40. The summed E-state index contributed by atoms with van der Waals surface area (Å²) in [6.07, 6.45) is 3.94. The van der Waals surface area contributed by atoms with Gasteiger partial charge in [0.25, 0.3) is 0 Å². The van der Waals surface area contributed by atoms with Crippen LogP contribution < -0.4 is 10.6 Å². The molecule has 1 aromatic heterocycles. The number of nitrogens with zero attached hydrogens (tertiary/aromatic N) is 3. The average Bonchev–Trinajstić information content (AvgIpc) is 3.13. The number of carbonyl (C=O) groups is 2. The van der Waals surface area contributed by atoms with Crippen LogP contribution in [0.1, 0.15) is 73.4 Å². The van der Waals surface area contributed by atoms with Gasteiger partial charge in [-0.25, -0.2) is 4.68 Å².